The van der Waals surface area contributed by atoms with Crippen LogP contribution in [0.15, 0.2) is 12.1 Å². The maximum absolute atomic E-state index is 14.4. The topological polar surface area (TPSA) is 9.23 Å². The zero-order chi connectivity index (χ0) is 19.9. The van der Waals surface area contributed by atoms with Gasteiger partial charge in [0.15, 0.2) is 17.4 Å². The Kier molecular flexibility index (Phi) is 8.64. The van der Waals surface area contributed by atoms with Gasteiger partial charge in [0.25, 0.3) is 0 Å². The molecular formula is C23H35ClF2OSi. The third-order valence-corrected chi connectivity index (χ3v) is 11.0. The highest BCUT2D eigenvalue weighted by Crippen LogP contribution is 2.44. The van der Waals surface area contributed by atoms with E-state index in [4.69, 9.17) is 16.3 Å². The van der Waals surface area contributed by atoms with Gasteiger partial charge in [0.1, 0.15) is 0 Å². The molecule has 3 rings (SSSR count). The Bertz CT molecular complexity index is 588. The Morgan fingerprint density at radius 2 is 1.61 bits per heavy atom. The van der Waals surface area contributed by atoms with Crippen LogP contribution in [0.2, 0.25) is 18.1 Å². The summed E-state index contributed by atoms with van der Waals surface area (Å²) in [5.74, 6) is 1.04. The van der Waals surface area contributed by atoms with E-state index < -0.39 is 20.4 Å². The van der Waals surface area contributed by atoms with Crippen LogP contribution in [0.5, 0.6) is 5.75 Å². The monoisotopic (exact) mass is 428 g/mol. The highest BCUT2D eigenvalue weighted by Gasteiger charge is 2.32. The summed E-state index contributed by atoms with van der Waals surface area (Å²) >= 11 is 5.60. The second-order valence-electron chi connectivity index (χ2n) is 8.89. The van der Waals surface area contributed by atoms with Crippen molar-refractivity contribution >= 4 is 20.4 Å². The molecule has 0 N–H and O–H groups in total. The summed E-state index contributed by atoms with van der Waals surface area (Å²) < 4.78 is 34.0. The maximum atomic E-state index is 14.4. The molecule has 0 aromatic heterocycles. The molecule has 5 heteroatoms. The van der Waals surface area contributed by atoms with E-state index >= 15 is 0 Å². The third-order valence-electron chi connectivity index (χ3n) is 7.04. The van der Waals surface area contributed by atoms with Gasteiger partial charge in [-0.25, -0.2) is 8.78 Å². The van der Waals surface area contributed by atoms with Crippen molar-refractivity contribution in [2.24, 2.45) is 11.8 Å². The molecular weight excluding hydrogens is 394 g/mol. The highest BCUT2D eigenvalue weighted by molar-refractivity contribution is 6.58. The zero-order valence-electron chi connectivity index (χ0n) is 17.2. The molecule has 2 fully saturated rings. The van der Waals surface area contributed by atoms with Gasteiger partial charge in [-0.15, -0.1) is 11.6 Å². The average Bonchev–Trinajstić information content (AvgIpc) is 2.71. The molecule has 0 atom stereocenters. The summed E-state index contributed by atoms with van der Waals surface area (Å²) in [5, 5.41) is 0. The first-order chi connectivity index (χ1) is 13.6. The van der Waals surface area contributed by atoms with Gasteiger partial charge < -0.3 is 4.74 Å². The molecule has 1 saturated carbocycles. The van der Waals surface area contributed by atoms with Crippen LogP contribution in [0.25, 0.3) is 0 Å². The van der Waals surface area contributed by atoms with Crippen molar-refractivity contribution in [1.82, 2.24) is 0 Å². The summed E-state index contributed by atoms with van der Waals surface area (Å²) in [6.45, 7) is 2.57. The fraction of sp³-hybridized carbons (Fsp3) is 0.739. The van der Waals surface area contributed by atoms with E-state index in [1.54, 1.807) is 12.1 Å². The molecule has 1 aromatic rings. The average molecular weight is 429 g/mol. The van der Waals surface area contributed by atoms with Gasteiger partial charge in [0.05, 0.1) is 6.61 Å². The van der Waals surface area contributed by atoms with Gasteiger partial charge in [-0.3, -0.25) is 0 Å². The van der Waals surface area contributed by atoms with Crippen LogP contribution in [-0.2, 0) is 0 Å². The van der Waals surface area contributed by atoms with Crippen molar-refractivity contribution < 1.29 is 13.5 Å². The third kappa shape index (κ3) is 5.72. The number of ether oxygens (including phenoxy) is 1. The van der Waals surface area contributed by atoms with Gasteiger partial charge in [-0.1, -0.05) is 44.3 Å². The quantitative estimate of drug-likeness (QED) is 0.240. The minimum atomic E-state index is -0.578. The molecule has 2 aliphatic rings. The van der Waals surface area contributed by atoms with Crippen molar-refractivity contribution in [1.29, 1.82) is 0 Å². The molecule has 1 saturated heterocycles. The second kappa shape index (κ2) is 11.0. The number of benzene rings is 1. The minimum Gasteiger partial charge on any atom is -0.488 e. The van der Waals surface area contributed by atoms with Gasteiger partial charge >= 0.3 is 0 Å². The Hall–Kier alpha value is -0.613. The van der Waals surface area contributed by atoms with E-state index in [2.05, 4.69) is 6.92 Å². The summed E-state index contributed by atoms with van der Waals surface area (Å²) in [7, 11) is -0.410. The largest absolute Gasteiger partial charge is 0.488 e. The Balaban J connectivity index is 1.52. The van der Waals surface area contributed by atoms with Gasteiger partial charge in [-0.05, 0) is 67.6 Å². The van der Waals surface area contributed by atoms with Crippen molar-refractivity contribution in [3.05, 3.63) is 29.3 Å². The fourth-order valence-electron chi connectivity index (χ4n) is 5.46. The smallest absolute Gasteiger partial charge is 0.190 e. The van der Waals surface area contributed by atoms with E-state index in [1.807, 2.05) is 0 Å². The van der Waals surface area contributed by atoms with Crippen molar-refractivity contribution in [2.45, 2.75) is 82.3 Å². The standard InChI is InChI=1S/C23H35ClF2OSi/c1-2-12-28-13-8-19(9-14-28)17-4-6-18(7-5-17)20-15-21(25)23(22(26)16-20)27-11-3-10-24/h15-19,28H,2-14H2,1H3/t17?,18?,19-,28-. The summed E-state index contributed by atoms with van der Waals surface area (Å²) in [5.41, 5.74) is 0.803. The fourth-order valence-corrected chi connectivity index (χ4v) is 9.05. The lowest BCUT2D eigenvalue weighted by atomic mass is 9.72. The van der Waals surface area contributed by atoms with Crippen LogP contribution in [0.3, 0.4) is 0 Å². The first-order valence-electron chi connectivity index (χ1n) is 11.3. The van der Waals surface area contributed by atoms with E-state index in [-0.39, 0.29) is 18.3 Å². The predicted octanol–water partition coefficient (Wildman–Crippen LogP) is 7.29. The molecule has 1 aromatic carbocycles. The molecule has 0 spiro atoms. The lowest BCUT2D eigenvalue weighted by molar-refractivity contribution is 0.215. The number of alkyl halides is 1. The molecule has 158 valence electrons. The number of rotatable bonds is 8. The number of hydrogen-bond donors (Lipinski definition) is 0. The molecule has 1 nitrogen and oxygen atoms in total. The van der Waals surface area contributed by atoms with Crippen LogP contribution < -0.4 is 4.74 Å². The molecule has 1 aliphatic carbocycles. The zero-order valence-corrected chi connectivity index (χ0v) is 19.1. The lowest BCUT2D eigenvalue weighted by Gasteiger charge is -2.37. The van der Waals surface area contributed by atoms with Gasteiger partial charge in [-0.2, -0.15) is 0 Å². The maximum Gasteiger partial charge on any atom is 0.190 e. The van der Waals surface area contributed by atoms with E-state index in [0.29, 0.717) is 12.3 Å². The first kappa shape index (κ1) is 22.1. The summed E-state index contributed by atoms with van der Waals surface area (Å²) in [6.07, 6.45) is 9.39. The SMILES string of the molecule is CCC[Si@H]1CC[C@H](C2CCC(c3cc(F)c(OCCCCl)c(F)c3)CC2)CC1. The molecule has 1 aliphatic heterocycles. The van der Waals surface area contributed by atoms with Crippen LogP contribution >= 0.6 is 11.6 Å². The van der Waals surface area contributed by atoms with Gasteiger partial charge in [0.2, 0.25) is 0 Å². The molecule has 1 heterocycles. The summed E-state index contributed by atoms with van der Waals surface area (Å²) in [6, 6.07) is 7.60. The molecule has 0 unspecified atom stereocenters. The normalized spacial score (nSPS) is 28.3. The van der Waals surface area contributed by atoms with E-state index in [1.165, 1.54) is 50.3 Å². The lowest BCUT2D eigenvalue weighted by Crippen LogP contribution is -2.28. The van der Waals surface area contributed by atoms with Crippen LogP contribution in [0, 0.1) is 23.5 Å². The first-order valence-corrected chi connectivity index (χ1v) is 14.3. The molecule has 0 radical (unpaired) electrons. The molecule has 0 amide bonds. The number of halogens is 3. The van der Waals surface area contributed by atoms with Crippen molar-refractivity contribution in [3.8, 4) is 5.75 Å². The number of hydrogen-bond acceptors (Lipinski definition) is 1. The van der Waals surface area contributed by atoms with Crippen molar-refractivity contribution in [2.75, 3.05) is 12.5 Å². The van der Waals surface area contributed by atoms with E-state index in [0.717, 1.165) is 30.2 Å². The van der Waals surface area contributed by atoms with Gasteiger partial charge in [0, 0.05) is 14.7 Å². The van der Waals surface area contributed by atoms with Crippen molar-refractivity contribution in [3.63, 3.8) is 0 Å². The van der Waals surface area contributed by atoms with Crippen LogP contribution in [0.4, 0.5) is 8.78 Å². The highest BCUT2D eigenvalue weighted by atomic mass is 35.5. The Morgan fingerprint density at radius 3 is 2.18 bits per heavy atom. The minimum absolute atomic E-state index is 0.241. The van der Waals surface area contributed by atoms with Crippen LogP contribution in [-0.4, -0.2) is 21.3 Å². The molecule has 0 bridgehead atoms. The van der Waals surface area contributed by atoms with Crippen LogP contribution in [0.1, 0.15) is 69.8 Å². The Morgan fingerprint density at radius 1 is 1.00 bits per heavy atom. The second-order valence-corrected chi connectivity index (χ2v) is 12.7. The summed E-state index contributed by atoms with van der Waals surface area (Å²) in [4.78, 5) is 0. The predicted molar refractivity (Wildman–Crippen MR) is 116 cm³/mol. The Labute approximate surface area is 175 Å². The van der Waals surface area contributed by atoms with E-state index in [9.17, 15) is 8.78 Å². The molecule has 28 heavy (non-hydrogen) atoms.